The van der Waals surface area contributed by atoms with E-state index in [9.17, 15) is 0 Å². The molecule has 0 N–H and O–H groups in total. The monoisotopic (exact) mass is 794 g/mol. The average Bonchev–Trinajstić information content (AvgIpc) is 3.93. The van der Waals surface area contributed by atoms with Gasteiger partial charge in [0.15, 0.2) is 22.8 Å². The summed E-state index contributed by atoms with van der Waals surface area (Å²) in [4.78, 5) is 20.8. The van der Waals surface area contributed by atoms with E-state index in [1.165, 1.54) is 0 Å². The van der Waals surface area contributed by atoms with Crippen molar-refractivity contribution in [2.45, 2.75) is 0 Å². The lowest BCUT2D eigenvalue weighted by Gasteiger charge is -2.10. The Hall–Kier alpha value is -8.48. The number of fused-ring (bicyclic) bond motifs is 6. The van der Waals surface area contributed by atoms with Gasteiger partial charge in [-0.05, 0) is 69.8 Å². The lowest BCUT2D eigenvalue weighted by Crippen LogP contribution is -1.95. The molecule has 0 saturated heterocycles. The van der Waals surface area contributed by atoms with Gasteiger partial charge in [-0.1, -0.05) is 170 Å². The van der Waals surface area contributed by atoms with E-state index in [2.05, 4.69) is 158 Å². The number of benzene rings is 8. The Morgan fingerprint density at radius 1 is 0.258 bits per heavy atom. The molecule has 12 rings (SSSR count). The summed E-state index contributed by atoms with van der Waals surface area (Å²) in [6.45, 7) is 0. The minimum Gasteiger partial charge on any atom is -0.452 e. The molecular weight excluding hydrogens is 761 g/mol. The number of aromatic nitrogens is 4. The maximum absolute atomic E-state index is 6.45. The van der Waals surface area contributed by atoms with Crippen LogP contribution in [0.15, 0.2) is 215 Å². The highest BCUT2D eigenvalue weighted by molar-refractivity contribution is 6.08. The van der Waals surface area contributed by atoms with Crippen molar-refractivity contribution < 1.29 is 8.83 Å². The summed E-state index contributed by atoms with van der Waals surface area (Å²) in [5, 5.41) is 1.90. The van der Waals surface area contributed by atoms with E-state index in [-0.39, 0.29) is 0 Å². The van der Waals surface area contributed by atoms with Gasteiger partial charge in [-0.25, -0.2) is 19.9 Å². The van der Waals surface area contributed by atoms with Crippen molar-refractivity contribution >= 4 is 44.1 Å². The predicted octanol–water partition coefficient (Wildman–Crippen LogP) is 14.7. The second kappa shape index (κ2) is 14.7. The van der Waals surface area contributed by atoms with Gasteiger partial charge >= 0.3 is 0 Å². The van der Waals surface area contributed by atoms with E-state index in [4.69, 9.17) is 28.8 Å². The van der Waals surface area contributed by atoms with Gasteiger partial charge in [0.05, 0.1) is 0 Å². The van der Waals surface area contributed by atoms with E-state index in [1.807, 2.05) is 48.5 Å². The van der Waals surface area contributed by atoms with Crippen LogP contribution in [0, 0.1) is 0 Å². The normalized spacial score (nSPS) is 11.5. The van der Waals surface area contributed by atoms with Crippen molar-refractivity contribution in [2.24, 2.45) is 0 Å². The maximum atomic E-state index is 6.45. The summed E-state index contributed by atoms with van der Waals surface area (Å²) in [5.74, 6) is 1.24. The number of nitrogens with zero attached hydrogens (tertiary/aromatic N) is 4. The Labute approximate surface area is 356 Å². The molecule has 0 unspecified atom stereocenters. The summed E-state index contributed by atoms with van der Waals surface area (Å²) >= 11 is 0. The lowest BCUT2D eigenvalue weighted by atomic mass is 9.99. The molecule has 0 atom stereocenters. The number of furan rings is 2. The first-order valence-corrected chi connectivity index (χ1v) is 20.6. The van der Waals surface area contributed by atoms with Gasteiger partial charge in [0, 0.05) is 33.0 Å². The Kier molecular flexibility index (Phi) is 8.38. The second-order valence-corrected chi connectivity index (χ2v) is 15.4. The highest BCUT2D eigenvalue weighted by Crippen LogP contribution is 2.39. The van der Waals surface area contributed by atoms with Gasteiger partial charge in [-0.2, -0.15) is 0 Å². The zero-order chi connectivity index (χ0) is 41.0. The van der Waals surface area contributed by atoms with Crippen LogP contribution >= 0.6 is 0 Å². The summed E-state index contributed by atoms with van der Waals surface area (Å²) in [7, 11) is 0. The smallest absolute Gasteiger partial charge is 0.180 e. The molecule has 8 aromatic carbocycles. The first-order chi connectivity index (χ1) is 30.7. The third kappa shape index (κ3) is 6.21. The zero-order valence-electron chi connectivity index (χ0n) is 33.2. The van der Waals surface area contributed by atoms with Crippen molar-refractivity contribution in [1.29, 1.82) is 0 Å². The average molecular weight is 795 g/mol. The standard InChI is InChI=1S/C56H34N4O2/c1-3-13-35(14-4-1)37-25-29-39(30-26-37)49-53-51(45-21-7-9-23-47(45)61-53)59-55(57-49)43-19-11-17-41(33-43)42-18-12-20-44(34-42)56-58-50(54-52(60-56)46-22-8-10-24-48(46)62-54)40-31-27-38(28-32-40)36-15-5-2-6-16-36/h1-34H. The molecule has 0 aliphatic carbocycles. The molecule has 6 heteroatoms. The van der Waals surface area contributed by atoms with Crippen LogP contribution in [0.2, 0.25) is 0 Å². The second-order valence-electron chi connectivity index (χ2n) is 15.4. The van der Waals surface area contributed by atoms with E-state index in [0.717, 1.165) is 100.0 Å². The van der Waals surface area contributed by atoms with Crippen LogP contribution in [0.25, 0.3) is 123 Å². The van der Waals surface area contributed by atoms with E-state index >= 15 is 0 Å². The molecule has 0 spiro atoms. The van der Waals surface area contributed by atoms with Crippen LogP contribution in [-0.2, 0) is 0 Å². The summed E-state index contributed by atoms with van der Waals surface area (Å²) in [6.07, 6.45) is 0. The molecule has 290 valence electrons. The molecule has 4 aromatic heterocycles. The molecule has 0 fully saturated rings. The molecule has 0 aliphatic heterocycles. The molecule has 0 radical (unpaired) electrons. The van der Waals surface area contributed by atoms with E-state index in [0.29, 0.717) is 22.8 Å². The van der Waals surface area contributed by atoms with E-state index < -0.39 is 0 Å². The van der Waals surface area contributed by atoms with Crippen LogP contribution in [0.1, 0.15) is 0 Å². The van der Waals surface area contributed by atoms with Crippen LogP contribution in [-0.4, -0.2) is 19.9 Å². The molecule has 0 saturated carbocycles. The summed E-state index contributed by atoms with van der Waals surface area (Å²) in [5.41, 5.74) is 16.3. The molecule has 62 heavy (non-hydrogen) atoms. The largest absolute Gasteiger partial charge is 0.452 e. The Morgan fingerprint density at radius 2 is 0.597 bits per heavy atom. The summed E-state index contributed by atoms with van der Waals surface area (Å²) < 4.78 is 12.9. The van der Waals surface area contributed by atoms with Crippen molar-refractivity contribution in [3.8, 4) is 78.7 Å². The Balaban J connectivity index is 0.950. The highest BCUT2D eigenvalue weighted by Gasteiger charge is 2.21. The fraction of sp³-hybridized carbons (Fsp3) is 0. The minimum atomic E-state index is 0.618. The fourth-order valence-electron chi connectivity index (χ4n) is 8.41. The van der Waals surface area contributed by atoms with Gasteiger partial charge in [-0.3, -0.25) is 0 Å². The third-order valence-electron chi connectivity index (χ3n) is 11.5. The molecule has 0 bridgehead atoms. The molecule has 0 aliphatic rings. The molecular formula is C56H34N4O2. The number of hydrogen-bond donors (Lipinski definition) is 0. The number of hydrogen-bond acceptors (Lipinski definition) is 6. The summed E-state index contributed by atoms with van der Waals surface area (Å²) in [6, 6.07) is 70.6. The van der Waals surface area contributed by atoms with Gasteiger partial charge < -0.3 is 8.83 Å². The highest BCUT2D eigenvalue weighted by atomic mass is 16.3. The fourth-order valence-corrected chi connectivity index (χ4v) is 8.41. The Morgan fingerprint density at radius 3 is 1.03 bits per heavy atom. The zero-order valence-corrected chi connectivity index (χ0v) is 33.2. The van der Waals surface area contributed by atoms with Crippen LogP contribution < -0.4 is 0 Å². The number of para-hydroxylation sites is 2. The quantitative estimate of drug-likeness (QED) is 0.160. The van der Waals surface area contributed by atoms with Gasteiger partial charge in [-0.15, -0.1) is 0 Å². The molecule has 0 amide bonds. The lowest BCUT2D eigenvalue weighted by molar-refractivity contribution is 0.667. The molecule has 12 aromatic rings. The van der Waals surface area contributed by atoms with Gasteiger partial charge in [0.25, 0.3) is 0 Å². The van der Waals surface area contributed by atoms with Crippen molar-refractivity contribution in [2.75, 3.05) is 0 Å². The minimum absolute atomic E-state index is 0.618. The topological polar surface area (TPSA) is 77.8 Å². The predicted molar refractivity (Wildman–Crippen MR) is 250 cm³/mol. The van der Waals surface area contributed by atoms with Crippen molar-refractivity contribution in [3.05, 3.63) is 206 Å². The maximum Gasteiger partial charge on any atom is 0.180 e. The Bertz CT molecular complexity index is 3370. The van der Waals surface area contributed by atoms with Gasteiger partial charge in [0.2, 0.25) is 0 Å². The van der Waals surface area contributed by atoms with Crippen LogP contribution in [0.5, 0.6) is 0 Å². The first kappa shape index (κ1) is 35.5. The third-order valence-corrected chi connectivity index (χ3v) is 11.5. The molecule has 4 heterocycles. The van der Waals surface area contributed by atoms with Crippen LogP contribution in [0.3, 0.4) is 0 Å². The molecule has 6 nitrogen and oxygen atoms in total. The SMILES string of the molecule is c1ccc(-c2ccc(-c3nc(-c4cccc(-c5cccc(-c6nc(-c7ccc(-c8ccccc8)cc7)c7oc8ccccc8c7n6)c5)c4)nc4c3oc3ccccc34)cc2)cc1. The van der Waals surface area contributed by atoms with Crippen molar-refractivity contribution in [1.82, 2.24) is 19.9 Å². The van der Waals surface area contributed by atoms with E-state index in [1.54, 1.807) is 0 Å². The van der Waals surface area contributed by atoms with Crippen LogP contribution in [0.4, 0.5) is 0 Å². The first-order valence-electron chi connectivity index (χ1n) is 20.6. The van der Waals surface area contributed by atoms with Crippen molar-refractivity contribution in [3.63, 3.8) is 0 Å². The van der Waals surface area contributed by atoms with Gasteiger partial charge in [0.1, 0.15) is 33.6 Å². The number of rotatable bonds is 7.